The summed E-state index contributed by atoms with van der Waals surface area (Å²) >= 11 is 0. The van der Waals surface area contributed by atoms with Crippen LogP contribution in [0.1, 0.15) is 52.4 Å². The van der Waals surface area contributed by atoms with Crippen molar-refractivity contribution in [2.24, 2.45) is 5.92 Å². The van der Waals surface area contributed by atoms with E-state index in [1.165, 1.54) is 38.5 Å². The third-order valence-electron chi connectivity index (χ3n) is 3.46. The molecule has 0 aliphatic carbocycles. The summed E-state index contributed by atoms with van der Waals surface area (Å²) in [6.07, 6.45) is 7.48. The molecule has 18 heavy (non-hydrogen) atoms. The molecule has 0 bridgehead atoms. The molecule has 1 aliphatic heterocycles. The van der Waals surface area contributed by atoms with Crippen molar-refractivity contribution >= 4 is 0 Å². The van der Waals surface area contributed by atoms with Gasteiger partial charge in [0.05, 0.1) is 0 Å². The van der Waals surface area contributed by atoms with Crippen molar-refractivity contribution < 1.29 is 9.47 Å². The predicted octanol–water partition coefficient (Wildman–Crippen LogP) is 2.99. The predicted molar refractivity (Wildman–Crippen MR) is 76.0 cm³/mol. The molecule has 1 heterocycles. The van der Waals surface area contributed by atoms with E-state index in [2.05, 4.69) is 19.2 Å². The summed E-state index contributed by atoms with van der Waals surface area (Å²) in [4.78, 5) is 0. The summed E-state index contributed by atoms with van der Waals surface area (Å²) in [6.45, 7) is 9.29. The van der Waals surface area contributed by atoms with E-state index in [9.17, 15) is 0 Å². The van der Waals surface area contributed by atoms with Crippen molar-refractivity contribution in [3.63, 3.8) is 0 Å². The second-order valence-electron chi connectivity index (χ2n) is 5.65. The van der Waals surface area contributed by atoms with Crippen LogP contribution in [0.5, 0.6) is 0 Å². The lowest BCUT2D eigenvalue weighted by atomic mass is 10.0. The van der Waals surface area contributed by atoms with E-state index in [0.717, 1.165) is 38.9 Å². The molecule has 0 aromatic heterocycles. The molecule has 0 spiro atoms. The van der Waals surface area contributed by atoms with E-state index in [-0.39, 0.29) is 0 Å². The van der Waals surface area contributed by atoms with Crippen LogP contribution < -0.4 is 5.32 Å². The van der Waals surface area contributed by atoms with Gasteiger partial charge in [0, 0.05) is 32.5 Å². The van der Waals surface area contributed by atoms with Crippen LogP contribution in [0.25, 0.3) is 0 Å². The molecule has 0 amide bonds. The van der Waals surface area contributed by atoms with Crippen molar-refractivity contribution in [1.82, 2.24) is 5.32 Å². The Hall–Kier alpha value is -0.120. The van der Waals surface area contributed by atoms with Crippen molar-refractivity contribution in [3.05, 3.63) is 0 Å². The van der Waals surface area contributed by atoms with E-state index in [4.69, 9.17) is 9.47 Å². The zero-order chi connectivity index (χ0) is 13.1. The molecule has 0 radical (unpaired) electrons. The van der Waals surface area contributed by atoms with E-state index in [1.807, 2.05) is 0 Å². The maximum atomic E-state index is 5.75. The van der Waals surface area contributed by atoms with Gasteiger partial charge in [-0.25, -0.2) is 0 Å². The first-order chi connectivity index (χ1) is 8.79. The quantitative estimate of drug-likeness (QED) is 0.610. The Morgan fingerprint density at radius 1 is 1.11 bits per heavy atom. The molecular formula is C15H31NO2. The molecule has 3 nitrogen and oxygen atoms in total. The van der Waals surface area contributed by atoms with E-state index >= 15 is 0 Å². The van der Waals surface area contributed by atoms with Gasteiger partial charge in [-0.05, 0) is 38.1 Å². The Balaban J connectivity index is 1.75. The average Bonchev–Trinajstić information content (AvgIpc) is 2.37. The van der Waals surface area contributed by atoms with Gasteiger partial charge in [0.15, 0.2) is 0 Å². The second kappa shape index (κ2) is 10.8. The number of ether oxygens (including phenoxy) is 2. The first-order valence-electron chi connectivity index (χ1n) is 7.68. The lowest BCUT2D eigenvalue weighted by Gasteiger charge is -2.21. The highest BCUT2D eigenvalue weighted by atomic mass is 16.5. The summed E-state index contributed by atoms with van der Waals surface area (Å²) in [5.74, 6) is 0.744. The lowest BCUT2D eigenvalue weighted by molar-refractivity contribution is 0.0198. The highest BCUT2D eigenvalue weighted by Gasteiger charge is 2.13. The Morgan fingerprint density at radius 3 is 2.56 bits per heavy atom. The normalized spacial score (nSPS) is 17.5. The molecule has 0 atom stereocenters. The van der Waals surface area contributed by atoms with Crippen LogP contribution >= 0.6 is 0 Å². The van der Waals surface area contributed by atoms with Gasteiger partial charge in [-0.1, -0.05) is 26.7 Å². The molecule has 0 unspecified atom stereocenters. The van der Waals surface area contributed by atoms with Crippen molar-refractivity contribution in [2.75, 3.05) is 33.0 Å². The average molecular weight is 257 g/mol. The molecule has 1 aliphatic rings. The Kier molecular flexibility index (Phi) is 9.54. The van der Waals surface area contributed by atoms with Gasteiger partial charge in [0.2, 0.25) is 0 Å². The van der Waals surface area contributed by atoms with Crippen LogP contribution in [0.2, 0.25) is 0 Å². The molecule has 1 N–H and O–H groups in total. The van der Waals surface area contributed by atoms with Crippen LogP contribution in [-0.4, -0.2) is 39.0 Å². The Labute approximate surface area is 113 Å². The van der Waals surface area contributed by atoms with Gasteiger partial charge in [0.25, 0.3) is 0 Å². The maximum absolute atomic E-state index is 5.75. The number of nitrogens with one attached hydrogen (secondary N) is 1. The molecule has 1 saturated heterocycles. The Bertz CT molecular complexity index is 179. The van der Waals surface area contributed by atoms with Crippen LogP contribution in [-0.2, 0) is 9.47 Å². The lowest BCUT2D eigenvalue weighted by Crippen LogP contribution is -2.23. The standard InChI is InChI=1S/C15H31NO2/c1-14(2)16-9-5-3-4-6-10-18-13-15-7-11-17-12-8-15/h14-16H,3-13H2,1-2H3. The zero-order valence-electron chi connectivity index (χ0n) is 12.2. The summed E-state index contributed by atoms with van der Waals surface area (Å²) in [5.41, 5.74) is 0. The monoisotopic (exact) mass is 257 g/mol. The third-order valence-corrected chi connectivity index (χ3v) is 3.46. The third kappa shape index (κ3) is 8.90. The van der Waals surface area contributed by atoms with E-state index < -0.39 is 0 Å². The minimum Gasteiger partial charge on any atom is -0.381 e. The van der Waals surface area contributed by atoms with Gasteiger partial charge in [-0.2, -0.15) is 0 Å². The SMILES string of the molecule is CC(C)NCCCCCCOCC1CCOCC1. The summed E-state index contributed by atoms with van der Waals surface area (Å²) < 4.78 is 11.1. The largest absolute Gasteiger partial charge is 0.381 e. The zero-order valence-corrected chi connectivity index (χ0v) is 12.2. The second-order valence-corrected chi connectivity index (χ2v) is 5.65. The molecular weight excluding hydrogens is 226 g/mol. The van der Waals surface area contributed by atoms with E-state index in [1.54, 1.807) is 0 Å². The van der Waals surface area contributed by atoms with Crippen LogP contribution in [0.4, 0.5) is 0 Å². The molecule has 0 aromatic carbocycles. The van der Waals surface area contributed by atoms with Crippen molar-refractivity contribution in [2.45, 2.75) is 58.4 Å². The van der Waals surface area contributed by atoms with Gasteiger partial charge in [-0.15, -0.1) is 0 Å². The highest BCUT2D eigenvalue weighted by molar-refractivity contribution is 4.62. The first kappa shape index (κ1) is 15.9. The van der Waals surface area contributed by atoms with Crippen LogP contribution in [0.3, 0.4) is 0 Å². The fourth-order valence-electron chi connectivity index (χ4n) is 2.24. The fourth-order valence-corrected chi connectivity index (χ4v) is 2.24. The van der Waals surface area contributed by atoms with Crippen LogP contribution in [0, 0.1) is 5.92 Å². The van der Waals surface area contributed by atoms with Crippen molar-refractivity contribution in [3.8, 4) is 0 Å². The molecule has 1 rings (SSSR count). The minimum absolute atomic E-state index is 0.618. The number of hydrogen-bond donors (Lipinski definition) is 1. The molecule has 3 heteroatoms. The number of rotatable bonds is 10. The van der Waals surface area contributed by atoms with E-state index in [0.29, 0.717) is 6.04 Å². The fraction of sp³-hybridized carbons (Fsp3) is 1.00. The molecule has 0 aromatic rings. The maximum Gasteiger partial charge on any atom is 0.0495 e. The highest BCUT2D eigenvalue weighted by Crippen LogP contribution is 2.14. The Morgan fingerprint density at radius 2 is 1.83 bits per heavy atom. The smallest absolute Gasteiger partial charge is 0.0495 e. The van der Waals surface area contributed by atoms with Gasteiger partial charge < -0.3 is 14.8 Å². The number of unbranched alkanes of at least 4 members (excludes halogenated alkanes) is 3. The first-order valence-corrected chi connectivity index (χ1v) is 7.68. The van der Waals surface area contributed by atoms with Crippen molar-refractivity contribution in [1.29, 1.82) is 0 Å². The molecule has 0 saturated carbocycles. The topological polar surface area (TPSA) is 30.5 Å². The van der Waals surface area contributed by atoms with Gasteiger partial charge in [0.1, 0.15) is 0 Å². The van der Waals surface area contributed by atoms with Gasteiger partial charge in [-0.3, -0.25) is 0 Å². The van der Waals surface area contributed by atoms with Gasteiger partial charge >= 0.3 is 0 Å². The van der Waals surface area contributed by atoms with Crippen LogP contribution in [0.15, 0.2) is 0 Å². The number of hydrogen-bond acceptors (Lipinski definition) is 3. The summed E-state index contributed by atoms with van der Waals surface area (Å²) in [7, 11) is 0. The minimum atomic E-state index is 0.618. The molecule has 1 fully saturated rings. The summed E-state index contributed by atoms with van der Waals surface area (Å²) in [5, 5.41) is 3.45. The summed E-state index contributed by atoms with van der Waals surface area (Å²) in [6, 6.07) is 0.618. The molecule has 108 valence electrons.